The van der Waals surface area contributed by atoms with Crippen LogP contribution in [-0.2, 0) is 22.3 Å². The van der Waals surface area contributed by atoms with Gasteiger partial charge < -0.3 is 14.2 Å². The molecule has 1 heterocycles. The van der Waals surface area contributed by atoms with Gasteiger partial charge in [0.25, 0.3) is 0 Å². The molecule has 0 aliphatic carbocycles. The molecule has 0 bridgehead atoms. The molecule has 0 unspecified atom stereocenters. The van der Waals surface area contributed by atoms with E-state index in [9.17, 15) is 0 Å². The second kappa shape index (κ2) is 12.4. The zero-order chi connectivity index (χ0) is 21.0. The third kappa shape index (κ3) is 7.48. The molecule has 3 rings (SSSR count). The second-order valence-electron chi connectivity index (χ2n) is 8.07. The van der Waals surface area contributed by atoms with Crippen LogP contribution < -0.4 is 4.74 Å². The maximum absolute atomic E-state index is 8.88. The van der Waals surface area contributed by atoms with Crippen LogP contribution in [0.4, 0.5) is 0 Å². The fourth-order valence-corrected chi connectivity index (χ4v) is 3.66. The van der Waals surface area contributed by atoms with Crippen LogP contribution in [0.1, 0.15) is 55.7 Å². The molecule has 0 aromatic heterocycles. The minimum Gasteiger partial charge on any atom is -0.494 e. The van der Waals surface area contributed by atoms with Crippen LogP contribution in [0, 0.1) is 17.2 Å². The van der Waals surface area contributed by atoms with Gasteiger partial charge in [0.05, 0.1) is 31.5 Å². The molecule has 1 fully saturated rings. The lowest BCUT2D eigenvalue weighted by atomic mass is 10.00. The summed E-state index contributed by atoms with van der Waals surface area (Å²) in [7, 11) is 0. The predicted octanol–water partition coefficient (Wildman–Crippen LogP) is 5.68. The molecule has 160 valence electrons. The summed E-state index contributed by atoms with van der Waals surface area (Å²) in [6.07, 6.45) is 7.43. The van der Waals surface area contributed by atoms with Gasteiger partial charge in [-0.1, -0.05) is 44.0 Å². The molecule has 1 saturated heterocycles. The first kappa shape index (κ1) is 22.3. The van der Waals surface area contributed by atoms with Gasteiger partial charge >= 0.3 is 0 Å². The Morgan fingerprint density at radius 1 is 0.933 bits per heavy atom. The van der Waals surface area contributed by atoms with Crippen molar-refractivity contribution in [3.05, 3.63) is 65.2 Å². The van der Waals surface area contributed by atoms with Crippen molar-refractivity contribution in [3.8, 4) is 11.8 Å². The predicted molar refractivity (Wildman–Crippen MR) is 118 cm³/mol. The summed E-state index contributed by atoms with van der Waals surface area (Å²) in [5.41, 5.74) is 3.17. The average Bonchev–Trinajstić information content (AvgIpc) is 2.79. The van der Waals surface area contributed by atoms with Crippen LogP contribution in [0.15, 0.2) is 48.5 Å². The minimum atomic E-state index is -0.181. The van der Waals surface area contributed by atoms with Gasteiger partial charge in [0, 0.05) is 12.3 Å². The fourth-order valence-electron chi connectivity index (χ4n) is 3.66. The lowest BCUT2D eigenvalue weighted by Crippen LogP contribution is -2.33. The molecular formula is C26H33NO3. The SMILES string of the molecule is CCCCCOc1ccc(CCCC2COC(Cc3ccc(C#N)cc3)OC2)cc1. The Hall–Kier alpha value is -2.35. The number of hydrogen-bond acceptors (Lipinski definition) is 4. The van der Waals surface area contributed by atoms with Crippen LogP contribution >= 0.6 is 0 Å². The standard InChI is InChI=1S/C26H33NO3/c1-2-3-4-16-28-25-14-12-21(13-15-25)6-5-7-24-19-29-26(30-20-24)17-22-8-10-23(18-27)11-9-22/h8-15,24,26H,2-7,16-17,19-20H2,1H3. The van der Waals surface area contributed by atoms with Gasteiger partial charge in [0.1, 0.15) is 5.75 Å². The number of nitriles is 1. The quantitative estimate of drug-likeness (QED) is 0.450. The zero-order valence-electron chi connectivity index (χ0n) is 18.0. The Bertz CT molecular complexity index is 771. The molecule has 1 aliphatic heterocycles. The number of benzene rings is 2. The summed E-state index contributed by atoms with van der Waals surface area (Å²) in [5.74, 6) is 1.43. The van der Waals surface area contributed by atoms with Gasteiger partial charge in [-0.15, -0.1) is 0 Å². The van der Waals surface area contributed by atoms with Crippen molar-refractivity contribution in [3.63, 3.8) is 0 Å². The first-order valence-corrected chi connectivity index (χ1v) is 11.2. The Morgan fingerprint density at radius 2 is 1.63 bits per heavy atom. The maximum Gasteiger partial charge on any atom is 0.161 e. The van der Waals surface area contributed by atoms with Gasteiger partial charge in [0.15, 0.2) is 6.29 Å². The monoisotopic (exact) mass is 407 g/mol. The molecule has 30 heavy (non-hydrogen) atoms. The van der Waals surface area contributed by atoms with Crippen LogP contribution in [0.25, 0.3) is 0 Å². The second-order valence-corrected chi connectivity index (χ2v) is 8.07. The summed E-state index contributed by atoms with van der Waals surface area (Å²) in [5, 5.41) is 8.88. The van der Waals surface area contributed by atoms with Crippen LogP contribution in [-0.4, -0.2) is 26.1 Å². The van der Waals surface area contributed by atoms with Gasteiger partial charge in [-0.25, -0.2) is 0 Å². The molecule has 0 N–H and O–H groups in total. The molecule has 2 aromatic rings. The van der Waals surface area contributed by atoms with E-state index in [1.54, 1.807) is 0 Å². The van der Waals surface area contributed by atoms with Gasteiger partial charge in [-0.2, -0.15) is 5.26 Å². The van der Waals surface area contributed by atoms with E-state index < -0.39 is 0 Å². The van der Waals surface area contributed by atoms with E-state index in [1.165, 1.54) is 18.4 Å². The highest BCUT2D eigenvalue weighted by atomic mass is 16.7. The Morgan fingerprint density at radius 3 is 2.30 bits per heavy atom. The van der Waals surface area contributed by atoms with E-state index in [4.69, 9.17) is 19.5 Å². The highest BCUT2D eigenvalue weighted by Gasteiger charge is 2.22. The van der Waals surface area contributed by atoms with E-state index in [0.29, 0.717) is 11.5 Å². The topological polar surface area (TPSA) is 51.5 Å². The Balaban J connectivity index is 1.30. The van der Waals surface area contributed by atoms with Crippen molar-refractivity contribution in [2.24, 2.45) is 5.92 Å². The van der Waals surface area contributed by atoms with Crippen LogP contribution in [0.3, 0.4) is 0 Å². The van der Waals surface area contributed by atoms with Crippen molar-refractivity contribution >= 4 is 0 Å². The molecule has 0 radical (unpaired) electrons. The normalized spacial score (nSPS) is 18.7. The number of ether oxygens (including phenoxy) is 3. The first-order valence-electron chi connectivity index (χ1n) is 11.2. The summed E-state index contributed by atoms with van der Waals surface area (Å²) in [4.78, 5) is 0. The number of nitrogens with zero attached hydrogens (tertiary/aromatic N) is 1. The highest BCUT2D eigenvalue weighted by molar-refractivity contribution is 5.31. The number of hydrogen-bond donors (Lipinski definition) is 0. The Kier molecular flexibility index (Phi) is 9.21. The van der Waals surface area contributed by atoms with Gasteiger partial charge in [-0.05, 0) is 61.1 Å². The minimum absolute atomic E-state index is 0.181. The number of rotatable bonds is 11. The lowest BCUT2D eigenvalue weighted by Gasteiger charge is -2.29. The smallest absolute Gasteiger partial charge is 0.161 e. The molecule has 0 spiro atoms. The summed E-state index contributed by atoms with van der Waals surface area (Å²) < 4.78 is 17.6. The van der Waals surface area contributed by atoms with E-state index in [-0.39, 0.29) is 6.29 Å². The molecule has 4 heteroatoms. The molecule has 0 saturated carbocycles. The van der Waals surface area contributed by atoms with Gasteiger partial charge in [0.2, 0.25) is 0 Å². The summed E-state index contributed by atoms with van der Waals surface area (Å²) in [6, 6.07) is 18.3. The third-order valence-corrected chi connectivity index (χ3v) is 5.54. The number of aryl methyl sites for hydroxylation is 1. The van der Waals surface area contributed by atoms with Crippen molar-refractivity contribution < 1.29 is 14.2 Å². The molecule has 1 aliphatic rings. The van der Waals surface area contributed by atoms with Crippen molar-refractivity contribution in [2.75, 3.05) is 19.8 Å². The Labute approximate surface area is 180 Å². The maximum atomic E-state index is 8.88. The molecule has 0 atom stereocenters. The first-order chi connectivity index (χ1) is 14.8. The zero-order valence-corrected chi connectivity index (χ0v) is 18.0. The fraction of sp³-hybridized carbons (Fsp3) is 0.500. The molecular weight excluding hydrogens is 374 g/mol. The van der Waals surface area contributed by atoms with Crippen molar-refractivity contribution in [2.45, 2.75) is 58.2 Å². The van der Waals surface area contributed by atoms with E-state index in [1.807, 2.05) is 24.3 Å². The average molecular weight is 408 g/mol. The van der Waals surface area contributed by atoms with E-state index in [0.717, 1.165) is 63.2 Å². The van der Waals surface area contributed by atoms with E-state index in [2.05, 4.69) is 37.3 Å². The lowest BCUT2D eigenvalue weighted by molar-refractivity contribution is -0.200. The van der Waals surface area contributed by atoms with Crippen LogP contribution in [0.2, 0.25) is 0 Å². The van der Waals surface area contributed by atoms with E-state index >= 15 is 0 Å². The van der Waals surface area contributed by atoms with Gasteiger partial charge in [-0.3, -0.25) is 0 Å². The van der Waals surface area contributed by atoms with Crippen molar-refractivity contribution in [1.82, 2.24) is 0 Å². The largest absolute Gasteiger partial charge is 0.494 e. The third-order valence-electron chi connectivity index (χ3n) is 5.54. The van der Waals surface area contributed by atoms with Crippen LogP contribution in [0.5, 0.6) is 5.75 Å². The highest BCUT2D eigenvalue weighted by Crippen LogP contribution is 2.21. The molecule has 4 nitrogen and oxygen atoms in total. The molecule has 0 amide bonds. The van der Waals surface area contributed by atoms with Crippen molar-refractivity contribution in [1.29, 1.82) is 5.26 Å². The summed E-state index contributed by atoms with van der Waals surface area (Å²) >= 11 is 0. The number of unbranched alkanes of at least 4 members (excludes halogenated alkanes) is 2. The molecule has 2 aromatic carbocycles. The summed E-state index contributed by atoms with van der Waals surface area (Å²) in [6.45, 7) is 4.52.